The molecule has 1 aliphatic rings. The minimum absolute atomic E-state index is 0.0447. The Morgan fingerprint density at radius 3 is 2.50 bits per heavy atom. The van der Waals surface area contributed by atoms with Crippen LogP contribution in [-0.2, 0) is 0 Å². The number of H-pyrrole nitrogens is 1. The van der Waals surface area contributed by atoms with Crippen molar-refractivity contribution in [2.24, 2.45) is 5.92 Å². The minimum atomic E-state index is -0.0933. The van der Waals surface area contributed by atoms with Gasteiger partial charge in [-0.15, -0.1) is 0 Å². The standard InChI is InChI=1S/C25H29N3O2/c1-17-5-4-6-21-22(17)15-23(26-24(21)29)19-7-9-20(10-8-19)25(30)28(3)16-18-11-13-27(2)14-12-18/h4-10,15,18H,11-14,16H2,1-3H3,(H,26,29). The Morgan fingerprint density at radius 1 is 1.10 bits per heavy atom. The first kappa shape index (κ1) is 20.4. The van der Waals surface area contributed by atoms with Gasteiger partial charge < -0.3 is 14.8 Å². The van der Waals surface area contributed by atoms with Crippen molar-refractivity contribution in [1.29, 1.82) is 0 Å². The molecule has 1 aliphatic heterocycles. The number of amides is 1. The SMILES string of the molecule is Cc1cccc2c(=O)[nH]c(-c3ccc(C(=O)N(C)CC4CCN(C)CC4)cc3)cc12. The molecule has 0 bridgehead atoms. The number of pyridine rings is 1. The van der Waals surface area contributed by atoms with E-state index in [9.17, 15) is 9.59 Å². The number of nitrogens with one attached hydrogen (secondary N) is 1. The first-order valence-electron chi connectivity index (χ1n) is 10.6. The van der Waals surface area contributed by atoms with Crippen molar-refractivity contribution in [3.8, 4) is 11.3 Å². The molecule has 5 nitrogen and oxygen atoms in total. The third-order valence-corrected chi connectivity index (χ3v) is 6.27. The van der Waals surface area contributed by atoms with E-state index in [4.69, 9.17) is 0 Å². The monoisotopic (exact) mass is 403 g/mol. The zero-order valence-corrected chi connectivity index (χ0v) is 17.9. The lowest BCUT2D eigenvalue weighted by Crippen LogP contribution is -2.37. The molecule has 1 saturated heterocycles. The summed E-state index contributed by atoms with van der Waals surface area (Å²) >= 11 is 0. The van der Waals surface area contributed by atoms with Crippen LogP contribution in [0.3, 0.4) is 0 Å². The highest BCUT2D eigenvalue weighted by Crippen LogP contribution is 2.23. The van der Waals surface area contributed by atoms with Gasteiger partial charge in [0.2, 0.25) is 0 Å². The number of carbonyl (C=O) groups is 1. The van der Waals surface area contributed by atoms with Crippen molar-refractivity contribution in [3.63, 3.8) is 0 Å². The first-order valence-corrected chi connectivity index (χ1v) is 10.6. The normalized spacial score (nSPS) is 15.4. The molecule has 0 atom stereocenters. The van der Waals surface area contributed by atoms with E-state index in [0.717, 1.165) is 54.7 Å². The van der Waals surface area contributed by atoms with Crippen LogP contribution in [0.15, 0.2) is 53.3 Å². The predicted octanol–water partition coefficient (Wildman–Crippen LogP) is 3.92. The summed E-state index contributed by atoms with van der Waals surface area (Å²) in [6.07, 6.45) is 2.28. The van der Waals surface area contributed by atoms with E-state index in [0.29, 0.717) is 16.9 Å². The highest BCUT2D eigenvalue weighted by Gasteiger charge is 2.21. The summed E-state index contributed by atoms with van der Waals surface area (Å²) < 4.78 is 0. The number of aromatic nitrogens is 1. The van der Waals surface area contributed by atoms with Gasteiger partial charge in [-0.25, -0.2) is 0 Å². The fourth-order valence-electron chi connectivity index (χ4n) is 4.32. The van der Waals surface area contributed by atoms with Gasteiger partial charge in [0.25, 0.3) is 11.5 Å². The number of fused-ring (bicyclic) bond motifs is 1. The fraction of sp³-hybridized carbons (Fsp3) is 0.360. The molecule has 156 valence electrons. The summed E-state index contributed by atoms with van der Waals surface area (Å²) in [6, 6.07) is 15.3. The molecule has 0 spiro atoms. The number of aromatic amines is 1. The molecule has 0 radical (unpaired) electrons. The molecule has 3 aromatic rings. The van der Waals surface area contributed by atoms with Gasteiger partial charge in [0, 0.05) is 30.2 Å². The van der Waals surface area contributed by atoms with Crippen LogP contribution in [0.2, 0.25) is 0 Å². The third kappa shape index (κ3) is 4.17. The van der Waals surface area contributed by atoms with Gasteiger partial charge in [-0.2, -0.15) is 0 Å². The molecule has 30 heavy (non-hydrogen) atoms. The number of hydrogen-bond acceptors (Lipinski definition) is 3. The van der Waals surface area contributed by atoms with E-state index in [1.165, 1.54) is 0 Å². The number of aryl methyl sites for hydroxylation is 1. The third-order valence-electron chi connectivity index (χ3n) is 6.27. The fourth-order valence-corrected chi connectivity index (χ4v) is 4.32. The quantitative estimate of drug-likeness (QED) is 0.718. The Labute approximate surface area is 177 Å². The number of hydrogen-bond donors (Lipinski definition) is 1. The Hall–Kier alpha value is -2.92. The van der Waals surface area contributed by atoms with Crippen LogP contribution in [0.1, 0.15) is 28.8 Å². The highest BCUT2D eigenvalue weighted by molar-refractivity contribution is 5.94. The van der Waals surface area contributed by atoms with Crippen molar-refractivity contribution >= 4 is 16.7 Å². The lowest BCUT2D eigenvalue weighted by atomic mass is 9.96. The van der Waals surface area contributed by atoms with Gasteiger partial charge in [-0.05, 0) is 86.6 Å². The lowest BCUT2D eigenvalue weighted by molar-refractivity contribution is 0.0747. The van der Waals surface area contributed by atoms with Gasteiger partial charge in [-0.1, -0.05) is 24.3 Å². The maximum Gasteiger partial charge on any atom is 0.256 e. The number of nitrogens with zero attached hydrogens (tertiary/aromatic N) is 2. The molecule has 1 fully saturated rings. The Balaban J connectivity index is 1.51. The van der Waals surface area contributed by atoms with E-state index in [1.54, 1.807) is 0 Å². The topological polar surface area (TPSA) is 56.4 Å². The summed E-state index contributed by atoms with van der Waals surface area (Å²) in [5, 5.41) is 1.65. The lowest BCUT2D eigenvalue weighted by Gasteiger charge is -2.31. The van der Waals surface area contributed by atoms with Gasteiger partial charge in [-0.3, -0.25) is 9.59 Å². The second kappa shape index (κ2) is 8.44. The van der Waals surface area contributed by atoms with Crippen molar-refractivity contribution < 1.29 is 4.79 Å². The zero-order chi connectivity index (χ0) is 21.3. The molecule has 1 amide bonds. The first-order chi connectivity index (χ1) is 14.4. The second-order valence-electron chi connectivity index (χ2n) is 8.56. The number of carbonyl (C=O) groups excluding carboxylic acids is 1. The van der Waals surface area contributed by atoms with Crippen molar-refractivity contribution in [1.82, 2.24) is 14.8 Å². The number of benzene rings is 2. The Bertz CT molecular complexity index is 1110. The zero-order valence-electron chi connectivity index (χ0n) is 17.9. The van der Waals surface area contributed by atoms with Crippen molar-refractivity contribution in [3.05, 3.63) is 70.0 Å². The smallest absolute Gasteiger partial charge is 0.256 e. The average Bonchev–Trinajstić information content (AvgIpc) is 2.75. The highest BCUT2D eigenvalue weighted by atomic mass is 16.2. The number of piperidine rings is 1. The average molecular weight is 404 g/mol. The summed E-state index contributed by atoms with van der Waals surface area (Å²) in [7, 11) is 4.04. The van der Waals surface area contributed by atoms with Crippen LogP contribution >= 0.6 is 0 Å². The number of likely N-dealkylation sites (tertiary alicyclic amines) is 1. The van der Waals surface area contributed by atoms with Crippen LogP contribution in [0.4, 0.5) is 0 Å². The molecule has 0 aliphatic carbocycles. The maximum atomic E-state index is 12.9. The molecule has 2 aromatic carbocycles. The molecule has 4 rings (SSSR count). The summed E-state index contributed by atoms with van der Waals surface area (Å²) in [5.41, 5.74) is 3.31. The van der Waals surface area contributed by atoms with Crippen LogP contribution in [-0.4, -0.2) is 54.4 Å². The van der Waals surface area contributed by atoms with Crippen molar-refractivity contribution in [2.75, 3.05) is 33.7 Å². The molecular weight excluding hydrogens is 374 g/mol. The van der Waals surface area contributed by atoms with Gasteiger partial charge in [0.1, 0.15) is 0 Å². The molecule has 1 N–H and O–H groups in total. The van der Waals surface area contributed by atoms with Gasteiger partial charge in [0.15, 0.2) is 0 Å². The summed E-state index contributed by atoms with van der Waals surface area (Å²) in [6.45, 7) is 5.01. The van der Waals surface area contributed by atoms with E-state index in [1.807, 2.05) is 67.4 Å². The molecule has 1 aromatic heterocycles. The summed E-state index contributed by atoms with van der Waals surface area (Å²) in [5.74, 6) is 0.615. The largest absolute Gasteiger partial charge is 0.341 e. The van der Waals surface area contributed by atoms with Gasteiger partial charge in [0.05, 0.1) is 0 Å². The second-order valence-corrected chi connectivity index (χ2v) is 8.56. The molecule has 2 heterocycles. The Morgan fingerprint density at radius 2 is 1.80 bits per heavy atom. The molecular formula is C25H29N3O2. The van der Waals surface area contributed by atoms with E-state index >= 15 is 0 Å². The minimum Gasteiger partial charge on any atom is -0.341 e. The Kier molecular flexibility index (Phi) is 5.73. The van der Waals surface area contributed by atoms with Gasteiger partial charge >= 0.3 is 0 Å². The van der Waals surface area contributed by atoms with Crippen LogP contribution < -0.4 is 5.56 Å². The molecule has 0 unspecified atom stereocenters. The van der Waals surface area contributed by atoms with Crippen LogP contribution in [0.5, 0.6) is 0 Å². The van der Waals surface area contributed by atoms with E-state index < -0.39 is 0 Å². The van der Waals surface area contributed by atoms with Crippen molar-refractivity contribution in [2.45, 2.75) is 19.8 Å². The van der Waals surface area contributed by atoms with E-state index in [-0.39, 0.29) is 11.5 Å². The van der Waals surface area contributed by atoms with Crippen LogP contribution in [0, 0.1) is 12.8 Å². The predicted molar refractivity (Wildman–Crippen MR) is 122 cm³/mol. The summed E-state index contributed by atoms with van der Waals surface area (Å²) in [4.78, 5) is 32.5. The maximum absolute atomic E-state index is 12.9. The molecule has 5 heteroatoms. The van der Waals surface area contributed by atoms with E-state index in [2.05, 4.69) is 16.9 Å². The molecule has 0 saturated carbocycles. The number of rotatable bonds is 4. The van der Waals surface area contributed by atoms with Crippen LogP contribution in [0.25, 0.3) is 22.0 Å².